The van der Waals surface area contributed by atoms with Gasteiger partial charge in [-0.2, -0.15) is 0 Å². The number of methoxy groups -OCH3 is 1. The molecule has 0 aliphatic rings. The summed E-state index contributed by atoms with van der Waals surface area (Å²) in [7, 11) is 1.56. The predicted molar refractivity (Wildman–Crippen MR) is 92.1 cm³/mol. The Balaban J connectivity index is 1.86. The van der Waals surface area contributed by atoms with Gasteiger partial charge in [-0.1, -0.05) is 0 Å². The molecule has 25 heavy (non-hydrogen) atoms. The lowest BCUT2D eigenvalue weighted by atomic mass is 10.1. The van der Waals surface area contributed by atoms with Gasteiger partial charge in [0.2, 0.25) is 0 Å². The maximum atomic E-state index is 12.4. The molecule has 6 heteroatoms. The Labute approximate surface area is 143 Å². The quantitative estimate of drug-likeness (QED) is 0.693. The van der Waals surface area contributed by atoms with Crippen molar-refractivity contribution < 1.29 is 23.8 Å². The summed E-state index contributed by atoms with van der Waals surface area (Å²) in [4.78, 5) is 23.2. The number of amides is 1. The van der Waals surface area contributed by atoms with Crippen LogP contribution in [0.1, 0.15) is 20.9 Å². The lowest BCUT2D eigenvalue weighted by molar-refractivity contribution is 0.102. The molecule has 6 nitrogen and oxygen atoms in total. The second-order valence-electron chi connectivity index (χ2n) is 5.23. The van der Waals surface area contributed by atoms with Crippen molar-refractivity contribution >= 4 is 17.9 Å². The number of ether oxygens (including phenoxy) is 1. The first-order valence-corrected chi connectivity index (χ1v) is 7.44. The largest absolute Gasteiger partial charge is 0.507 e. The average Bonchev–Trinajstić information content (AvgIpc) is 3.12. The fraction of sp³-hybridized carbons (Fsp3) is 0.0526. The molecule has 126 valence electrons. The molecule has 1 heterocycles. The molecule has 0 bridgehead atoms. The van der Waals surface area contributed by atoms with E-state index >= 15 is 0 Å². The molecule has 0 saturated heterocycles. The summed E-state index contributed by atoms with van der Waals surface area (Å²) >= 11 is 0. The van der Waals surface area contributed by atoms with Crippen molar-refractivity contribution in [3.05, 3.63) is 65.9 Å². The first kappa shape index (κ1) is 16.3. The molecule has 3 aromatic rings. The summed E-state index contributed by atoms with van der Waals surface area (Å²) in [5.41, 5.74) is 1.24. The first-order chi connectivity index (χ1) is 12.1. The van der Waals surface area contributed by atoms with Gasteiger partial charge in [-0.25, -0.2) is 0 Å². The number of furan rings is 1. The number of anilines is 1. The maximum absolute atomic E-state index is 12.4. The van der Waals surface area contributed by atoms with Crippen LogP contribution in [-0.4, -0.2) is 24.4 Å². The van der Waals surface area contributed by atoms with Gasteiger partial charge in [0, 0.05) is 11.3 Å². The van der Waals surface area contributed by atoms with Crippen molar-refractivity contribution in [2.24, 2.45) is 0 Å². The molecule has 0 unspecified atom stereocenters. The van der Waals surface area contributed by atoms with Crippen LogP contribution in [0.4, 0.5) is 5.69 Å². The average molecular weight is 337 g/mol. The van der Waals surface area contributed by atoms with Crippen molar-refractivity contribution in [2.75, 3.05) is 12.4 Å². The summed E-state index contributed by atoms with van der Waals surface area (Å²) in [5, 5.41) is 12.7. The molecule has 2 aromatic carbocycles. The number of phenolic OH excluding ortho intramolecular Hbond substituents is 1. The second kappa shape index (κ2) is 6.92. The van der Waals surface area contributed by atoms with E-state index in [9.17, 15) is 14.7 Å². The van der Waals surface area contributed by atoms with Crippen LogP contribution in [0.3, 0.4) is 0 Å². The lowest BCUT2D eigenvalue weighted by Crippen LogP contribution is -2.12. The van der Waals surface area contributed by atoms with Gasteiger partial charge >= 0.3 is 0 Å². The topological polar surface area (TPSA) is 88.8 Å². The van der Waals surface area contributed by atoms with Gasteiger partial charge in [-0.3, -0.25) is 9.59 Å². The highest BCUT2D eigenvalue weighted by Gasteiger charge is 2.14. The van der Waals surface area contributed by atoms with E-state index in [4.69, 9.17) is 9.15 Å². The number of aldehydes is 1. The number of hydrogen-bond acceptors (Lipinski definition) is 5. The number of carbonyl (C=O) groups is 2. The monoisotopic (exact) mass is 337 g/mol. The van der Waals surface area contributed by atoms with Crippen LogP contribution in [0.5, 0.6) is 11.5 Å². The zero-order valence-corrected chi connectivity index (χ0v) is 13.4. The molecule has 0 atom stereocenters. The molecule has 0 aliphatic heterocycles. The Bertz CT molecular complexity index is 912. The van der Waals surface area contributed by atoms with Gasteiger partial charge in [0.25, 0.3) is 5.91 Å². The second-order valence-corrected chi connectivity index (χ2v) is 5.23. The predicted octanol–water partition coefficient (Wildman–Crippen LogP) is 3.73. The summed E-state index contributed by atoms with van der Waals surface area (Å²) in [6.45, 7) is 0. The van der Waals surface area contributed by atoms with Crippen molar-refractivity contribution in [3.8, 4) is 22.8 Å². The summed E-state index contributed by atoms with van der Waals surface area (Å²) in [6.07, 6.45) is 0.598. The minimum absolute atomic E-state index is 0.0948. The molecule has 3 rings (SSSR count). The van der Waals surface area contributed by atoms with Gasteiger partial charge in [-0.05, 0) is 54.6 Å². The van der Waals surface area contributed by atoms with Crippen molar-refractivity contribution in [1.82, 2.24) is 0 Å². The van der Waals surface area contributed by atoms with Crippen LogP contribution in [-0.2, 0) is 0 Å². The number of nitrogens with one attached hydrogen (secondary N) is 1. The van der Waals surface area contributed by atoms with Gasteiger partial charge in [0.05, 0.1) is 12.7 Å². The third-order valence-corrected chi connectivity index (χ3v) is 3.62. The molecule has 0 aliphatic carbocycles. The van der Waals surface area contributed by atoms with E-state index in [0.29, 0.717) is 29.0 Å². The SMILES string of the molecule is COc1ccc(NC(=O)c2cc(-c3ccc(C=O)o3)ccc2O)cc1. The Morgan fingerprint density at radius 3 is 2.52 bits per heavy atom. The smallest absolute Gasteiger partial charge is 0.259 e. The highest BCUT2D eigenvalue weighted by atomic mass is 16.5. The van der Waals surface area contributed by atoms with E-state index in [2.05, 4.69) is 5.32 Å². The van der Waals surface area contributed by atoms with Crippen LogP contribution < -0.4 is 10.1 Å². The molecule has 1 aromatic heterocycles. The number of phenols is 1. The maximum Gasteiger partial charge on any atom is 0.259 e. The van der Waals surface area contributed by atoms with Crippen LogP contribution in [0, 0.1) is 0 Å². The molecule has 0 radical (unpaired) electrons. The van der Waals surface area contributed by atoms with E-state index in [1.54, 1.807) is 43.5 Å². The highest BCUT2D eigenvalue weighted by Crippen LogP contribution is 2.28. The van der Waals surface area contributed by atoms with E-state index in [1.807, 2.05) is 0 Å². The normalized spacial score (nSPS) is 10.3. The van der Waals surface area contributed by atoms with Crippen molar-refractivity contribution in [2.45, 2.75) is 0 Å². The highest BCUT2D eigenvalue weighted by molar-refractivity contribution is 6.06. The Kier molecular flexibility index (Phi) is 4.52. The summed E-state index contributed by atoms with van der Waals surface area (Å²) in [5.74, 6) is 0.670. The van der Waals surface area contributed by atoms with E-state index < -0.39 is 5.91 Å². The number of hydrogen-bond donors (Lipinski definition) is 2. The van der Waals surface area contributed by atoms with Crippen LogP contribution in [0.25, 0.3) is 11.3 Å². The van der Waals surface area contributed by atoms with Crippen LogP contribution in [0.15, 0.2) is 59.0 Å². The zero-order valence-electron chi connectivity index (χ0n) is 13.4. The molecule has 2 N–H and O–H groups in total. The number of carbonyl (C=O) groups excluding carboxylic acids is 2. The summed E-state index contributed by atoms with van der Waals surface area (Å²) in [6, 6.07) is 14.5. The van der Waals surface area contributed by atoms with Gasteiger partial charge < -0.3 is 19.6 Å². The van der Waals surface area contributed by atoms with E-state index in [1.165, 1.54) is 18.2 Å². The van der Waals surface area contributed by atoms with Gasteiger partial charge in [-0.15, -0.1) is 0 Å². The van der Waals surface area contributed by atoms with Crippen molar-refractivity contribution in [1.29, 1.82) is 0 Å². The molecule has 0 saturated carbocycles. The Morgan fingerprint density at radius 1 is 1.12 bits per heavy atom. The van der Waals surface area contributed by atoms with E-state index in [0.717, 1.165) is 0 Å². The zero-order chi connectivity index (χ0) is 17.8. The van der Waals surface area contributed by atoms with Crippen LogP contribution in [0.2, 0.25) is 0 Å². The fourth-order valence-electron chi connectivity index (χ4n) is 2.32. The minimum Gasteiger partial charge on any atom is -0.507 e. The Morgan fingerprint density at radius 2 is 1.88 bits per heavy atom. The van der Waals surface area contributed by atoms with Crippen LogP contribution >= 0.6 is 0 Å². The molecule has 0 spiro atoms. The van der Waals surface area contributed by atoms with Crippen molar-refractivity contribution in [3.63, 3.8) is 0 Å². The van der Waals surface area contributed by atoms with Gasteiger partial charge in [0.15, 0.2) is 12.0 Å². The molecular formula is C19H15NO5. The third kappa shape index (κ3) is 3.53. The minimum atomic E-state index is -0.466. The molecule has 1 amide bonds. The third-order valence-electron chi connectivity index (χ3n) is 3.62. The summed E-state index contributed by atoms with van der Waals surface area (Å²) < 4.78 is 10.4. The molecular weight excluding hydrogens is 322 g/mol. The first-order valence-electron chi connectivity index (χ1n) is 7.44. The Hall–Kier alpha value is -3.54. The molecule has 0 fully saturated rings. The number of benzene rings is 2. The lowest BCUT2D eigenvalue weighted by Gasteiger charge is -2.09. The standard InChI is InChI=1S/C19H15NO5/c1-24-14-5-3-13(4-6-14)20-19(23)16-10-12(2-8-17(16)22)18-9-7-15(11-21)25-18/h2-11,22H,1H3,(H,20,23). The fourth-order valence-corrected chi connectivity index (χ4v) is 2.32. The van der Waals surface area contributed by atoms with E-state index in [-0.39, 0.29) is 17.1 Å². The van der Waals surface area contributed by atoms with Gasteiger partial charge in [0.1, 0.15) is 17.3 Å². The number of rotatable bonds is 5. The number of aromatic hydroxyl groups is 1.